The van der Waals surface area contributed by atoms with E-state index in [9.17, 15) is 13.2 Å². The van der Waals surface area contributed by atoms with Gasteiger partial charge in [0.15, 0.2) is 17.5 Å². The van der Waals surface area contributed by atoms with Crippen LogP contribution in [0.25, 0.3) is 0 Å². The van der Waals surface area contributed by atoms with Gasteiger partial charge in [0.25, 0.3) is 0 Å². The van der Waals surface area contributed by atoms with Crippen LogP contribution < -0.4 is 0 Å². The average Bonchev–Trinajstić information content (AvgIpc) is 2.60. The van der Waals surface area contributed by atoms with Gasteiger partial charge >= 0.3 is 0 Å². The van der Waals surface area contributed by atoms with E-state index in [4.69, 9.17) is 0 Å². The Labute approximate surface area is 145 Å². The predicted octanol–water partition coefficient (Wildman–Crippen LogP) is 6.69. The lowest BCUT2D eigenvalue weighted by Crippen LogP contribution is -2.28. The summed E-state index contributed by atoms with van der Waals surface area (Å²) in [7, 11) is -0.0547. The third-order valence-corrected chi connectivity index (χ3v) is 9.46. The SMILES string of the molecule is CCC[Si]1CCC(C2CCC(c3cc(F)c(F)c(F)c3)CC2)CC1. The van der Waals surface area contributed by atoms with Crippen molar-refractivity contribution in [1.82, 2.24) is 0 Å². The highest BCUT2D eigenvalue weighted by Gasteiger charge is 2.31. The summed E-state index contributed by atoms with van der Waals surface area (Å²) in [5.74, 6) is -1.59. The van der Waals surface area contributed by atoms with Crippen molar-refractivity contribution < 1.29 is 13.2 Å². The summed E-state index contributed by atoms with van der Waals surface area (Å²) < 4.78 is 40.0. The summed E-state index contributed by atoms with van der Waals surface area (Å²) in [5.41, 5.74) is 0.641. The molecule has 1 radical (unpaired) electrons. The summed E-state index contributed by atoms with van der Waals surface area (Å²) in [6.45, 7) is 2.30. The second-order valence-corrected chi connectivity index (χ2v) is 10.7. The topological polar surface area (TPSA) is 0 Å². The quantitative estimate of drug-likeness (QED) is 0.418. The molecule has 4 heteroatoms. The smallest absolute Gasteiger partial charge is 0.194 e. The highest BCUT2D eigenvalue weighted by Crippen LogP contribution is 2.43. The second kappa shape index (κ2) is 8.07. The van der Waals surface area contributed by atoms with Gasteiger partial charge in [0.1, 0.15) is 0 Å². The average molecular weight is 354 g/mol. The zero-order chi connectivity index (χ0) is 17.1. The van der Waals surface area contributed by atoms with Gasteiger partial charge in [0.2, 0.25) is 0 Å². The van der Waals surface area contributed by atoms with Crippen LogP contribution in [0.4, 0.5) is 13.2 Å². The van der Waals surface area contributed by atoms with Crippen LogP contribution in [0, 0.1) is 29.3 Å². The molecular formula is C20H28F3Si. The molecule has 1 saturated heterocycles. The van der Waals surface area contributed by atoms with Crippen LogP contribution in [0.3, 0.4) is 0 Å². The molecule has 1 aromatic rings. The molecule has 0 N–H and O–H groups in total. The van der Waals surface area contributed by atoms with Crippen LogP contribution in [-0.4, -0.2) is 8.80 Å². The van der Waals surface area contributed by atoms with E-state index < -0.39 is 17.5 Å². The van der Waals surface area contributed by atoms with Crippen LogP contribution >= 0.6 is 0 Å². The van der Waals surface area contributed by atoms with Crippen molar-refractivity contribution in [3.8, 4) is 0 Å². The number of rotatable bonds is 4. The molecule has 0 aromatic heterocycles. The van der Waals surface area contributed by atoms with Crippen LogP contribution in [0.5, 0.6) is 0 Å². The Morgan fingerprint density at radius 1 is 0.875 bits per heavy atom. The summed E-state index contributed by atoms with van der Waals surface area (Å²) in [6, 6.07) is 6.84. The number of halogens is 3. The van der Waals surface area contributed by atoms with Crippen LogP contribution in [0.15, 0.2) is 12.1 Å². The van der Waals surface area contributed by atoms with Gasteiger partial charge < -0.3 is 0 Å². The van der Waals surface area contributed by atoms with Gasteiger partial charge in [-0.2, -0.15) is 0 Å². The minimum Gasteiger partial charge on any atom is -0.204 e. The van der Waals surface area contributed by atoms with Crippen molar-refractivity contribution in [1.29, 1.82) is 0 Å². The first-order valence-electron chi connectivity index (χ1n) is 9.56. The fraction of sp³-hybridized carbons (Fsp3) is 0.700. The standard InChI is InChI=1S/C20H28F3Si/c1-2-9-24-10-7-16(8-11-24)14-3-5-15(6-4-14)17-12-18(21)20(23)19(22)13-17/h12-16H,2-11H2,1H3. The lowest BCUT2D eigenvalue weighted by molar-refractivity contribution is 0.216. The molecule has 1 heterocycles. The van der Waals surface area contributed by atoms with Gasteiger partial charge in [-0.15, -0.1) is 0 Å². The van der Waals surface area contributed by atoms with E-state index in [0.29, 0.717) is 5.56 Å². The summed E-state index contributed by atoms with van der Waals surface area (Å²) in [4.78, 5) is 0. The molecule has 133 valence electrons. The molecule has 2 aliphatic rings. The molecule has 0 atom stereocenters. The largest absolute Gasteiger partial charge is 0.204 e. The molecule has 1 saturated carbocycles. The molecule has 0 spiro atoms. The molecule has 2 fully saturated rings. The van der Waals surface area contributed by atoms with E-state index in [1.807, 2.05) is 0 Å². The fourth-order valence-electron chi connectivity index (χ4n) is 4.86. The van der Waals surface area contributed by atoms with Crippen molar-refractivity contribution in [2.75, 3.05) is 0 Å². The minimum absolute atomic E-state index is 0.0547. The Bertz CT molecular complexity index is 521. The molecule has 3 rings (SSSR count). The highest BCUT2D eigenvalue weighted by molar-refractivity contribution is 6.58. The first-order chi connectivity index (χ1) is 11.6. The molecule has 1 aliphatic heterocycles. The van der Waals surface area contributed by atoms with Gasteiger partial charge in [0, 0.05) is 8.80 Å². The van der Waals surface area contributed by atoms with Gasteiger partial charge in [-0.25, -0.2) is 13.2 Å². The van der Waals surface area contributed by atoms with Crippen molar-refractivity contribution >= 4 is 8.80 Å². The maximum absolute atomic E-state index is 13.4. The molecule has 0 nitrogen and oxygen atoms in total. The Kier molecular flexibility index (Phi) is 6.06. The minimum atomic E-state index is -1.35. The highest BCUT2D eigenvalue weighted by atomic mass is 28.3. The number of hydrogen-bond donors (Lipinski definition) is 0. The summed E-state index contributed by atoms with van der Waals surface area (Å²) >= 11 is 0. The zero-order valence-electron chi connectivity index (χ0n) is 14.6. The molecule has 1 aromatic carbocycles. The molecule has 0 bridgehead atoms. The lowest BCUT2D eigenvalue weighted by atomic mass is 9.72. The van der Waals surface area contributed by atoms with Crippen LogP contribution in [0.2, 0.25) is 18.1 Å². The zero-order valence-corrected chi connectivity index (χ0v) is 15.6. The summed E-state index contributed by atoms with van der Waals surface area (Å²) in [5, 5.41) is 0. The van der Waals surface area contributed by atoms with Crippen molar-refractivity contribution in [2.45, 2.75) is 75.9 Å². The van der Waals surface area contributed by atoms with Gasteiger partial charge in [-0.3, -0.25) is 0 Å². The maximum Gasteiger partial charge on any atom is 0.194 e. The molecule has 1 aliphatic carbocycles. The first kappa shape index (κ1) is 18.0. The summed E-state index contributed by atoms with van der Waals surface area (Å²) in [6.07, 6.45) is 8.44. The van der Waals surface area contributed by atoms with Gasteiger partial charge in [0.05, 0.1) is 0 Å². The lowest BCUT2D eigenvalue weighted by Gasteiger charge is -2.37. The van der Waals surface area contributed by atoms with Crippen LogP contribution in [0.1, 0.15) is 63.4 Å². The van der Waals surface area contributed by atoms with Crippen molar-refractivity contribution in [3.05, 3.63) is 35.1 Å². The molecule has 0 unspecified atom stereocenters. The first-order valence-corrected chi connectivity index (χ1v) is 11.7. The Morgan fingerprint density at radius 2 is 1.42 bits per heavy atom. The van der Waals surface area contributed by atoms with E-state index in [2.05, 4.69) is 6.92 Å². The third-order valence-electron chi connectivity index (χ3n) is 6.26. The van der Waals surface area contributed by atoms with E-state index >= 15 is 0 Å². The predicted molar refractivity (Wildman–Crippen MR) is 94.2 cm³/mol. The fourth-order valence-corrected chi connectivity index (χ4v) is 7.87. The van der Waals surface area contributed by atoms with E-state index in [1.54, 1.807) is 0 Å². The van der Waals surface area contributed by atoms with Crippen molar-refractivity contribution in [2.24, 2.45) is 11.8 Å². The Hall–Kier alpha value is -0.773. The van der Waals surface area contributed by atoms with E-state index in [-0.39, 0.29) is 14.7 Å². The molecule has 0 amide bonds. The van der Waals surface area contributed by atoms with Crippen molar-refractivity contribution in [3.63, 3.8) is 0 Å². The second-order valence-electron chi connectivity index (χ2n) is 7.75. The monoisotopic (exact) mass is 353 g/mol. The van der Waals surface area contributed by atoms with E-state index in [1.165, 1.54) is 49.5 Å². The normalized spacial score (nSPS) is 26.7. The van der Waals surface area contributed by atoms with Crippen LogP contribution in [-0.2, 0) is 0 Å². The maximum atomic E-state index is 13.4. The number of benzene rings is 1. The van der Waals surface area contributed by atoms with Gasteiger partial charge in [-0.05, 0) is 61.1 Å². The van der Waals surface area contributed by atoms with Gasteiger partial charge in [-0.1, -0.05) is 44.3 Å². The Morgan fingerprint density at radius 3 is 1.96 bits per heavy atom. The third kappa shape index (κ3) is 4.06. The van der Waals surface area contributed by atoms with E-state index in [0.717, 1.165) is 37.5 Å². The number of hydrogen-bond acceptors (Lipinski definition) is 0. The molecular weight excluding hydrogens is 325 g/mol. The Balaban J connectivity index is 1.53. The molecule has 24 heavy (non-hydrogen) atoms.